The fourth-order valence-electron chi connectivity index (χ4n) is 3.26. The third-order valence-corrected chi connectivity index (χ3v) is 4.46. The normalized spacial score (nSPS) is 19.1. The fraction of sp³-hybridized carbons (Fsp3) is 0.647. The molecule has 0 saturated carbocycles. The zero-order valence-corrected chi connectivity index (χ0v) is 12.8. The quantitative estimate of drug-likeness (QED) is 0.838. The maximum Gasteiger partial charge on any atom is 0.120 e. The Morgan fingerprint density at radius 1 is 1.25 bits per heavy atom. The topological polar surface area (TPSA) is 35.5 Å². The van der Waals surface area contributed by atoms with Crippen LogP contribution in [0.2, 0.25) is 0 Å². The molecule has 3 nitrogen and oxygen atoms in total. The van der Waals surface area contributed by atoms with Gasteiger partial charge in [0, 0.05) is 11.6 Å². The molecule has 1 aromatic carbocycles. The molecule has 0 spiro atoms. The first-order valence-corrected chi connectivity index (χ1v) is 7.98. The Labute approximate surface area is 123 Å². The number of nitrogens with zero attached hydrogens (tertiary/aromatic N) is 1. The van der Waals surface area contributed by atoms with E-state index in [9.17, 15) is 5.11 Å². The van der Waals surface area contributed by atoms with Crippen molar-refractivity contribution in [3.05, 3.63) is 29.8 Å². The van der Waals surface area contributed by atoms with E-state index in [0.717, 1.165) is 44.1 Å². The maximum atomic E-state index is 10.1. The Balaban J connectivity index is 1.95. The highest BCUT2D eigenvalue weighted by Gasteiger charge is 2.26. The predicted octanol–water partition coefficient (Wildman–Crippen LogP) is 3.16. The van der Waals surface area contributed by atoms with Gasteiger partial charge in [-0.05, 0) is 57.4 Å². The maximum absolute atomic E-state index is 10.1. The lowest BCUT2D eigenvalue weighted by Gasteiger charge is -2.37. The Bertz CT molecular complexity index is 400. The van der Waals surface area contributed by atoms with Crippen LogP contribution in [-0.4, -0.2) is 36.2 Å². The van der Waals surface area contributed by atoms with Gasteiger partial charge in [0.25, 0.3) is 0 Å². The van der Waals surface area contributed by atoms with E-state index in [4.69, 9.17) is 0 Å². The van der Waals surface area contributed by atoms with Crippen molar-refractivity contribution in [3.63, 3.8) is 0 Å². The zero-order chi connectivity index (χ0) is 14.4. The fourth-order valence-corrected chi connectivity index (χ4v) is 3.26. The van der Waals surface area contributed by atoms with Gasteiger partial charge in [-0.25, -0.2) is 0 Å². The molecule has 3 heteroatoms. The number of rotatable bonds is 6. The van der Waals surface area contributed by atoms with E-state index in [-0.39, 0.29) is 0 Å². The van der Waals surface area contributed by atoms with Crippen molar-refractivity contribution in [2.24, 2.45) is 5.92 Å². The van der Waals surface area contributed by atoms with Crippen LogP contribution in [-0.2, 0) is 0 Å². The monoisotopic (exact) mass is 276 g/mol. The van der Waals surface area contributed by atoms with Crippen LogP contribution in [0.25, 0.3) is 0 Å². The summed E-state index contributed by atoms with van der Waals surface area (Å²) in [7, 11) is 0. The summed E-state index contributed by atoms with van der Waals surface area (Å²) in [6, 6.07) is 8.14. The van der Waals surface area contributed by atoms with Crippen molar-refractivity contribution in [2.75, 3.05) is 26.2 Å². The zero-order valence-electron chi connectivity index (χ0n) is 12.8. The van der Waals surface area contributed by atoms with E-state index >= 15 is 0 Å². The number of para-hydroxylation sites is 1. The summed E-state index contributed by atoms with van der Waals surface area (Å²) in [5, 5.41) is 13.5. The molecule has 1 unspecified atom stereocenters. The van der Waals surface area contributed by atoms with Gasteiger partial charge < -0.3 is 10.4 Å². The second-order valence-electron chi connectivity index (χ2n) is 5.77. The standard InChI is InChI=1S/C17H28N2O/c1-3-16(15-7-5-6-8-17(15)20)19-11-9-14(10-12-19)13-18-4-2/h5-8,14,16,18,20H,3-4,9-13H2,1-2H3. The molecule has 1 aliphatic heterocycles. The molecule has 1 atom stereocenters. The third kappa shape index (κ3) is 3.74. The van der Waals surface area contributed by atoms with Crippen molar-refractivity contribution in [3.8, 4) is 5.75 Å². The van der Waals surface area contributed by atoms with Crippen LogP contribution in [0.3, 0.4) is 0 Å². The number of phenolic OH excluding ortho intramolecular Hbond substituents is 1. The molecule has 20 heavy (non-hydrogen) atoms. The van der Waals surface area contributed by atoms with E-state index in [1.165, 1.54) is 12.8 Å². The number of nitrogens with one attached hydrogen (secondary N) is 1. The first-order valence-electron chi connectivity index (χ1n) is 7.98. The lowest BCUT2D eigenvalue weighted by atomic mass is 9.93. The number of likely N-dealkylation sites (tertiary alicyclic amines) is 1. The molecule has 2 N–H and O–H groups in total. The highest BCUT2D eigenvalue weighted by Crippen LogP contribution is 2.33. The molecule has 0 amide bonds. The summed E-state index contributed by atoms with van der Waals surface area (Å²) in [5.41, 5.74) is 1.08. The molecule has 112 valence electrons. The van der Waals surface area contributed by atoms with E-state index in [1.807, 2.05) is 12.1 Å². The van der Waals surface area contributed by atoms with Gasteiger partial charge in [0.05, 0.1) is 0 Å². The second-order valence-corrected chi connectivity index (χ2v) is 5.77. The number of hydrogen-bond donors (Lipinski definition) is 2. The predicted molar refractivity (Wildman–Crippen MR) is 84.0 cm³/mol. The van der Waals surface area contributed by atoms with Crippen LogP contribution in [0.4, 0.5) is 0 Å². The Hall–Kier alpha value is -1.06. The third-order valence-electron chi connectivity index (χ3n) is 4.46. The molecule has 0 radical (unpaired) electrons. The molecular weight excluding hydrogens is 248 g/mol. The van der Waals surface area contributed by atoms with Crippen LogP contribution in [0.5, 0.6) is 5.75 Å². The lowest BCUT2D eigenvalue weighted by Crippen LogP contribution is -2.39. The number of piperidine rings is 1. The first kappa shape index (κ1) is 15.3. The van der Waals surface area contributed by atoms with Crippen LogP contribution >= 0.6 is 0 Å². The van der Waals surface area contributed by atoms with Gasteiger partial charge in [0.2, 0.25) is 0 Å². The summed E-state index contributed by atoms with van der Waals surface area (Å²) < 4.78 is 0. The highest BCUT2D eigenvalue weighted by molar-refractivity contribution is 5.34. The van der Waals surface area contributed by atoms with E-state index in [0.29, 0.717) is 11.8 Å². The Morgan fingerprint density at radius 3 is 2.55 bits per heavy atom. The summed E-state index contributed by atoms with van der Waals surface area (Å²) >= 11 is 0. The van der Waals surface area contributed by atoms with E-state index in [1.54, 1.807) is 6.07 Å². The number of benzene rings is 1. The number of phenols is 1. The van der Waals surface area contributed by atoms with E-state index in [2.05, 4.69) is 30.1 Å². The van der Waals surface area contributed by atoms with Crippen molar-refractivity contribution in [1.29, 1.82) is 0 Å². The van der Waals surface area contributed by atoms with Gasteiger partial charge in [0.1, 0.15) is 5.75 Å². The van der Waals surface area contributed by atoms with Gasteiger partial charge in [0.15, 0.2) is 0 Å². The van der Waals surface area contributed by atoms with Gasteiger partial charge in [-0.1, -0.05) is 32.0 Å². The molecular formula is C17H28N2O. The van der Waals surface area contributed by atoms with Crippen molar-refractivity contribution in [1.82, 2.24) is 10.2 Å². The molecule has 0 aliphatic carbocycles. The minimum Gasteiger partial charge on any atom is -0.508 e. The molecule has 1 heterocycles. The number of hydrogen-bond acceptors (Lipinski definition) is 3. The highest BCUT2D eigenvalue weighted by atomic mass is 16.3. The van der Waals surface area contributed by atoms with Crippen LogP contribution in [0, 0.1) is 5.92 Å². The minimum absolute atomic E-state index is 0.358. The van der Waals surface area contributed by atoms with Crippen LogP contribution in [0.1, 0.15) is 44.7 Å². The van der Waals surface area contributed by atoms with Crippen molar-refractivity contribution >= 4 is 0 Å². The molecule has 1 aliphatic rings. The lowest BCUT2D eigenvalue weighted by molar-refractivity contribution is 0.126. The summed E-state index contributed by atoms with van der Waals surface area (Å²) in [6.07, 6.45) is 3.57. The van der Waals surface area contributed by atoms with Gasteiger partial charge in [-0.3, -0.25) is 4.90 Å². The SMILES string of the molecule is CCNCC1CCN(C(CC)c2ccccc2O)CC1. The van der Waals surface area contributed by atoms with Crippen molar-refractivity contribution in [2.45, 2.75) is 39.2 Å². The average molecular weight is 276 g/mol. The average Bonchev–Trinajstić information content (AvgIpc) is 2.49. The Morgan fingerprint density at radius 2 is 1.95 bits per heavy atom. The first-order chi connectivity index (χ1) is 9.76. The largest absolute Gasteiger partial charge is 0.508 e. The van der Waals surface area contributed by atoms with Crippen molar-refractivity contribution < 1.29 is 5.11 Å². The Kier molecular flexibility index (Phi) is 5.86. The summed E-state index contributed by atoms with van der Waals surface area (Å²) in [4.78, 5) is 2.54. The van der Waals surface area contributed by atoms with E-state index < -0.39 is 0 Å². The number of aromatic hydroxyl groups is 1. The summed E-state index contributed by atoms with van der Waals surface area (Å²) in [5.74, 6) is 1.25. The smallest absolute Gasteiger partial charge is 0.120 e. The molecule has 1 aromatic rings. The molecule has 2 rings (SSSR count). The minimum atomic E-state index is 0.358. The van der Waals surface area contributed by atoms with Crippen LogP contribution in [0.15, 0.2) is 24.3 Å². The second kappa shape index (κ2) is 7.65. The molecule has 1 fully saturated rings. The summed E-state index contributed by atoms with van der Waals surface area (Å²) in [6.45, 7) is 8.88. The van der Waals surface area contributed by atoms with Gasteiger partial charge >= 0.3 is 0 Å². The molecule has 0 bridgehead atoms. The van der Waals surface area contributed by atoms with Crippen LogP contribution < -0.4 is 5.32 Å². The molecule has 0 aromatic heterocycles. The molecule has 1 saturated heterocycles. The van der Waals surface area contributed by atoms with Gasteiger partial charge in [-0.15, -0.1) is 0 Å². The van der Waals surface area contributed by atoms with Gasteiger partial charge in [-0.2, -0.15) is 0 Å².